The normalized spacial score (nSPS) is 11.0. The second kappa shape index (κ2) is 9.64. The predicted octanol–water partition coefficient (Wildman–Crippen LogP) is 5.57. The number of rotatable bonds is 5. The van der Waals surface area contributed by atoms with E-state index < -0.39 is 16.4 Å². The van der Waals surface area contributed by atoms with Crippen LogP contribution in [-0.2, 0) is 0 Å². The molecule has 188 valence electrons. The third kappa shape index (κ3) is 4.38. The Hall–Kier alpha value is -5.70. The fourth-order valence-corrected chi connectivity index (χ4v) is 4.47. The molecule has 1 N–H and O–H groups in total. The van der Waals surface area contributed by atoms with Gasteiger partial charge in [0.15, 0.2) is 5.82 Å². The predicted molar refractivity (Wildman–Crippen MR) is 149 cm³/mol. The second-order valence-corrected chi connectivity index (χ2v) is 8.78. The number of amides is 1. The maximum Gasteiger partial charge on any atom is 0.280 e. The highest BCUT2D eigenvalue weighted by Crippen LogP contribution is 2.26. The largest absolute Gasteiger partial charge is 0.280 e. The number of benzene rings is 4. The molecule has 9 nitrogen and oxygen atoms in total. The van der Waals surface area contributed by atoms with Crippen molar-refractivity contribution in [3.05, 3.63) is 135 Å². The van der Waals surface area contributed by atoms with Crippen molar-refractivity contribution in [3.8, 4) is 22.6 Å². The number of carbonyl (C=O) groups is 1. The smallest absolute Gasteiger partial charge is 0.267 e. The molecule has 0 atom stereocenters. The summed E-state index contributed by atoms with van der Waals surface area (Å²) in [4.78, 5) is 47.7. The van der Waals surface area contributed by atoms with Gasteiger partial charge in [0.25, 0.3) is 17.2 Å². The molecular formula is C30H19N5O4. The van der Waals surface area contributed by atoms with Crippen LogP contribution in [0.25, 0.3) is 44.5 Å². The van der Waals surface area contributed by atoms with Crippen molar-refractivity contribution >= 4 is 33.4 Å². The van der Waals surface area contributed by atoms with E-state index in [-0.39, 0.29) is 16.9 Å². The Morgan fingerprint density at radius 3 is 2.13 bits per heavy atom. The quantitative estimate of drug-likeness (QED) is 0.238. The Morgan fingerprint density at radius 1 is 0.744 bits per heavy atom. The second-order valence-electron chi connectivity index (χ2n) is 8.78. The number of nitro groups is 1. The molecule has 9 heteroatoms. The van der Waals surface area contributed by atoms with E-state index in [4.69, 9.17) is 4.98 Å². The minimum absolute atomic E-state index is 0.0670. The minimum Gasteiger partial charge on any atom is -0.267 e. The van der Waals surface area contributed by atoms with Gasteiger partial charge in [-0.05, 0) is 24.3 Å². The maximum absolute atomic E-state index is 13.8. The molecule has 0 bridgehead atoms. The summed E-state index contributed by atoms with van der Waals surface area (Å²) in [7, 11) is 0. The molecule has 6 rings (SSSR count). The lowest BCUT2D eigenvalue weighted by Gasteiger charge is -2.16. The van der Waals surface area contributed by atoms with Gasteiger partial charge in [0.05, 0.1) is 32.6 Å². The molecular weight excluding hydrogens is 494 g/mol. The number of aromatic nitrogens is 3. The number of para-hydroxylation sites is 2. The highest BCUT2D eigenvalue weighted by molar-refractivity contribution is 6.10. The van der Waals surface area contributed by atoms with Crippen molar-refractivity contribution < 1.29 is 9.72 Å². The minimum atomic E-state index is -0.559. The van der Waals surface area contributed by atoms with Crippen molar-refractivity contribution in [1.29, 1.82) is 0 Å². The molecule has 6 aromatic rings. The molecule has 0 saturated heterocycles. The number of carbonyl (C=O) groups excluding carboxylic acids is 1. The Kier molecular flexibility index (Phi) is 5.85. The van der Waals surface area contributed by atoms with Crippen molar-refractivity contribution in [3.63, 3.8) is 0 Å². The van der Waals surface area contributed by atoms with E-state index in [9.17, 15) is 19.7 Å². The van der Waals surface area contributed by atoms with Gasteiger partial charge >= 0.3 is 0 Å². The van der Waals surface area contributed by atoms with E-state index in [2.05, 4.69) is 10.4 Å². The lowest BCUT2D eigenvalue weighted by atomic mass is 10.0. The summed E-state index contributed by atoms with van der Waals surface area (Å²) in [6.07, 6.45) is 0. The van der Waals surface area contributed by atoms with Crippen molar-refractivity contribution in [1.82, 2.24) is 14.6 Å². The van der Waals surface area contributed by atoms with Crippen LogP contribution in [0.4, 0.5) is 5.69 Å². The summed E-state index contributed by atoms with van der Waals surface area (Å²) in [5.74, 6) is -0.492. The Bertz CT molecular complexity index is 1970. The number of nitrogens with one attached hydrogen (secondary N) is 1. The van der Waals surface area contributed by atoms with Crippen LogP contribution in [-0.4, -0.2) is 25.5 Å². The van der Waals surface area contributed by atoms with Crippen LogP contribution >= 0.6 is 0 Å². The zero-order valence-corrected chi connectivity index (χ0v) is 20.3. The first kappa shape index (κ1) is 23.7. The van der Waals surface area contributed by atoms with Gasteiger partial charge in [-0.2, -0.15) is 4.68 Å². The molecule has 0 aliphatic heterocycles. The monoisotopic (exact) mass is 513 g/mol. The number of hydrogen-bond donors (Lipinski definition) is 1. The third-order valence-electron chi connectivity index (χ3n) is 6.33. The summed E-state index contributed by atoms with van der Waals surface area (Å²) in [5, 5.41) is 12.3. The SMILES string of the molecule is O=C(Nn1c(-c2cccc([N+](=O)[O-])c2)nc2ccccc2c1=O)c1cc(-c2ccccc2)nc2ccccc12. The number of non-ortho nitro benzene ring substituents is 1. The molecule has 4 aromatic carbocycles. The third-order valence-corrected chi connectivity index (χ3v) is 6.33. The topological polar surface area (TPSA) is 120 Å². The first-order valence-electron chi connectivity index (χ1n) is 12.0. The Labute approximate surface area is 221 Å². The fraction of sp³-hybridized carbons (Fsp3) is 0. The van der Waals surface area contributed by atoms with Gasteiger partial charge in [-0.25, -0.2) is 9.97 Å². The summed E-state index contributed by atoms with van der Waals surface area (Å²) < 4.78 is 1.04. The number of hydrogen-bond acceptors (Lipinski definition) is 6. The van der Waals surface area contributed by atoms with Crippen LogP contribution < -0.4 is 11.0 Å². The zero-order valence-electron chi connectivity index (χ0n) is 20.3. The molecule has 2 heterocycles. The maximum atomic E-state index is 13.8. The van der Waals surface area contributed by atoms with Gasteiger partial charge in [0, 0.05) is 28.6 Å². The summed E-state index contributed by atoms with van der Waals surface area (Å²) in [6, 6.07) is 30.9. The van der Waals surface area contributed by atoms with Gasteiger partial charge in [-0.15, -0.1) is 0 Å². The van der Waals surface area contributed by atoms with Crippen LogP contribution in [0.5, 0.6) is 0 Å². The highest BCUT2D eigenvalue weighted by atomic mass is 16.6. The van der Waals surface area contributed by atoms with Crippen LogP contribution in [0.1, 0.15) is 10.4 Å². The molecule has 0 spiro atoms. The van der Waals surface area contributed by atoms with Gasteiger partial charge in [0.1, 0.15) is 0 Å². The molecule has 0 unspecified atom stereocenters. The fourth-order valence-electron chi connectivity index (χ4n) is 4.47. The summed E-state index contributed by atoms with van der Waals surface area (Å²) in [6.45, 7) is 0. The lowest BCUT2D eigenvalue weighted by molar-refractivity contribution is -0.384. The van der Waals surface area contributed by atoms with Crippen LogP contribution in [0.2, 0.25) is 0 Å². The zero-order chi connectivity index (χ0) is 26.9. The average Bonchev–Trinajstić information content (AvgIpc) is 2.98. The number of pyridine rings is 1. The van der Waals surface area contributed by atoms with Crippen LogP contribution in [0.3, 0.4) is 0 Å². The molecule has 0 saturated carbocycles. The standard InChI is InChI=1S/C30H19N5O4/c36-29(24-18-27(19-9-2-1-3-10-19)31-25-15-6-4-13-22(24)25)33-34-28(20-11-8-12-21(17-20)35(38)39)32-26-16-7-5-14-23(26)30(34)37/h1-18H,(H,33,36). The van der Waals surface area contributed by atoms with E-state index >= 15 is 0 Å². The van der Waals surface area contributed by atoms with Gasteiger partial charge in [-0.3, -0.25) is 25.1 Å². The number of fused-ring (bicyclic) bond motifs is 2. The van der Waals surface area contributed by atoms with E-state index in [0.29, 0.717) is 33.2 Å². The van der Waals surface area contributed by atoms with E-state index in [0.717, 1.165) is 10.2 Å². The summed E-state index contributed by atoms with van der Waals surface area (Å²) in [5.41, 5.74) is 5.09. The molecule has 0 fully saturated rings. The van der Waals surface area contributed by atoms with Gasteiger partial charge in [0.2, 0.25) is 0 Å². The Morgan fingerprint density at radius 2 is 1.38 bits per heavy atom. The van der Waals surface area contributed by atoms with Crippen molar-refractivity contribution in [2.24, 2.45) is 0 Å². The number of nitrogens with zero attached hydrogens (tertiary/aromatic N) is 4. The Balaban J connectivity index is 1.53. The molecule has 39 heavy (non-hydrogen) atoms. The lowest BCUT2D eigenvalue weighted by Crippen LogP contribution is -2.35. The molecule has 0 aliphatic rings. The van der Waals surface area contributed by atoms with Gasteiger partial charge < -0.3 is 0 Å². The van der Waals surface area contributed by atoms with Gasteiger partial charge in [-0.1, -0.05) is 72.8 Å². The molecule has 0 radical (unpaired) electrons. The van der Waals surface area contributed by atoms with Crippen LogP contribution in [0.15, 0.2) is 114 Å². The molecule has 1 amide bonds. The number of nitro benzene ring substituents is 1. The molecule has 2 aromatic heterocycles. The molecule has 0 aliphatic carbocycles. The average molecular weight is 514 g/mol. The van der Waals surface area contributed by atoms with E-state index in [1.54, 1.807) is 48.5 Å². The van der Waals surface area contributed by atoms with Crippen molar-refractivity contribution in [2.75, 3.05) is 5.43 Å². The highest BCUT2D eigenvalue weighted by Gasteiger charge is 2.20. The first-order valence-corrected chi connectivity index (χ1v) is 12.0. The van der Waals surface area contributed by atoms with Crippen molar-refractivity contribution in [2.45, 2.75) is 0 Å². The summed E-state index contributed by atoms with van der Waals surface area (Å²) >= 11 is 0. The first-order chi connectivity index (χ1) is 19.0. The van der Waals surface area contributed by atoms with Crippen LogP contribution in [0, 0.1) is 10.1 Å². The van der Waals surface area contributed by atoms with E-state index in [1.807, 2.05) is 42.5 Å². The van der Waals surface area contributed by atoms with E-state index in [1.165, 1.54) is 18.2 Å².